The quantitative estimate of drug-likeness (QED) is 0.238. The summed E-state index contributed by atoms with van der Waals surface area (Å²) in [6, 6.07) is 10.4. The number of nitrogens with zero attached hydrogens (tertiary/aromatic N) is 1. The fourth-order valence-corrected chi connectivity index (χ4v) is 4.62. The number of carbonyl (C=O) groups excluding carboxylic acids is 5. The lowest BCUT2D eigenvalue weighted by molar-refractivity contribution is -0.159. The van der Waals surface area contributed by atoms with Gasteiger partial charge in [0, 0.05) is 18.9 Å². The number of alkyl carbamates (subject to hydrolysis) is 1. The number of nitrogens with two attached hydrogens (primary N) is 1. The molecule has 0 heterocycles. The Balaban J connectivity index is 2.59. The Kier molecular flexibility index (Phi) is 13.2. The Morgan fingerprint density at radius 3 is 1.89 bits per heavy atom. The first-order valence-corrected chi connectivity index (χ1v) is 15.2. The smallest absolute Gasteiger partial charge is 0.408 e. The predicted molar refractivity (Wildman–Crippen MR) is 172 cm³/mol. The van der Waals surface area contributed by atoms with Crippen molar-refractivity contribution >= 4 is 29.8 Å². The molecule has 0 fully saturated rings. The van der Waals surface area contributed by atoms with Crippen LogP contribution in [0.3, 0.4) is 0 Å². The Morgan fingerprint density at radius 1 is 0.826 bits per heavy atom. The average molecular weight is 641 g/mol. The lowest BCUT2D eigenvalue weighted by Gasteiger charge is -2.37. The maximum atomic E-state index is 14.3. The number of esters is 1. The van der Waals surface area contributed by atoms with Gasteiger partial charge in [-0.1, -0.05) is 42.5 Å². The molecule has 0 bridgehead atoms. The molecule has 0 aliphatic carbocycles. The van der Waals surface area contributed by atoms with Crippen molar-refractivity contribution < 1.29 is 38.6 Å². The third-order valence-electron chi connectivity index (χ3n) is 6.51. The fraction of sp³-hybridized carbons (Fsp3) is 0.500. The maximum Gasteiger partial charge on any atom is 0.408 e. The first-order chi connectivity index (χ1) is 21.3. The van der Waals surface area contributed by atoms with Crippen molar-refractivity contribution in [2.75, 3.05) is 0 Å². The zero-order valence-electron chi connectivity index (χ0n) is 28.0. The molecule has 0 spiro atoms. The van der Waals surface area contributed by atoms with Gasteiger partial charge in [-0.15, -0.1) is 0 Å². The second-order valence-corrected chi connectivity index (χ2v) is 13.3. The molecule has 2 aromatic rings. The van der Waals surface area contributed by atoms with Crippen LogP contribution in [0.4, 0.5) is 4.79 Å². The standard InChI is InChI=1S/C34H48N4O8/c1-21(2)38(30(42)25(18-19-27(35)40)37-32(44)46-34(6,7)8)28(23-14-16-24(39)17-15-23)29(41)36-26(31(43)45-33(3,4)5)20-22-12-10-9-11-13-22/h9-17,21,25-26,28,39H,18-20H2,1-8H3,(H2,35,40)(H,36,41)(H,37,44). The number of ether oxygens (including phenoxy) is 2. The van der Waals surface area contributed by atoms with Gasteiger partial charge in [0.1, 0.15) is 35.1 Å². The van der Waals surface area contributed by atoms with E-state index in [1.54, 1.807) is 55.4 Å². The molecule has 252 valence electrons. The summed E-state index contributed by atoms with van der Waals surface area (Å²) < 4.78 is 11.0. The third kappa shape index (κ3) is 12.4. The van der Waals surface area contributed by atoms with Crippen LogP contribution in [0.15, 0.2) is 54.6 Å². The molecule has 3 unspecified atom stereocenters. The highest BCUT2D eigenvalue weighted by Gasteiger charge is 2.39. The first kappa shape index (κ1) is 37.6. The monoisotopic (exact) mass is 640 g/mol. The lowest BCUT2D eigenvalue weighted by Crippen LogP contribution is -2.56. The summed E-state index contributed by atoms with van der Waals surface area (Å²) in [4.78, 5) is 67.6. The summed E-state index contributed by atoms with van der Waals surface area (Å²) in [6.07, 6.45) is -1.17. The molecule has 3 atom stereocenters. The molecule has 0 saturated heterocycles. The molecule has 0 aliphatic heterocycles. The van der Waals surface area contributed by atoms with E-state index in [2.05, 4.69) is 10.6 Å². The molecular weight excluding hydrogens is 592 g/mol. The number of carbonyl (C=O) groups is 5. The third-order valence-corrected chi connectivity index (χ3v) is 6.51. The Morgan fingerprint density at radius 2 is 1.39 bits per heavy atom. The molecule has 2 rings (SSSR count). The Labute approximate surface area is 271 Å². The summed E-state index contributed by atoms with van der Waals surface area (Å²) >= 11 is 0. The summed E-state index contributed by atoms with van der Waals surface area (Å²) in [5, 5.41) is 15.3. The normalized spacial score (nSPS) is 13.6. The fourth-order valence-electron chi connectivity index (χ4n) is 4.62. The van der Waals surface area contributed by atoms with E-state index in [4.69, 9.17) is 15.2 Å². The van der Waals surface area contributed by atoms with Crippen LogP contribution in [-0.2, 0) is 35.1 Å². The Bertz CT molecular complexity index is 1350. The van der Waals surface area contributed by atoms with Crippen LogP contribution in [-0.4, -0.2) is 69.1 Å². The zero-order valence-corrected chi connectivity index (χ0v) is 28.0. The summed E-state index contributed by atoms with van der Waals surface area (Å²) in [6.45, 7) is 13.5. The van der Waals surface area contributed by atoms with Gasteiger partial charge in [-0.05, 0) is 85.1 Å². The van der Waals surface area contributed by atoms with Crippen molar-refractivity contribution in [1.29, 1.82) is 0 Å². The summed E-state index contributed by atoms with van der Waals surface area (Å²) in [5.74, 6) is -2.80. The van der Waals surface area contributed by atoms with Crippen LogP contribution in [0.1, 0.15) is 85.4 Å². The predicted octanol–water partition coefficient (Wildman–Crippen LogP) is 3.90. The summed E-state index contributed by atoms with van der Waals surface area (Å²) in [5.41, 5.74) is 4.76. The van der Waals surface area contributed by atoms with Gasteiger partial charge >= 0.3 is 12.1 Å². The number of benzene rings is 2. The number of amides is 4. The molecule has 4 amide bonds. The van der Waals surface area contributed by atoms with E-state index in [9.17, 15) is 29.1 Å². The van der Waals surface area contributed by atoms with Crippen molar-refractivity contribution in [2.24, 2.45) is 5.73 Å². The van der Waals surface area contributed by atoms with Gasteiger partial charge in [0.05, 0.1) is 0 Å². The highest BCUT2D eigenvalue weighted by molar-refractivity contribution is 5.94. The van der Waals surface area contributed by atoms with E-state index < -0.39 is 65.2 Å². The first-order valence-electron chi connectivity index (χ1n) is 15.2. The molecule has 0 saturated carbocycles. The van der Waals surface area contributed by atoms with Crippen LogP contribution in [0, 0.1) is 0 Å². The number of aromatic hydroxyl groups is 1. The van der Waals surface area contributed by atoms with E-state index in [0.29, 0.717) is 5.56 Å². The number of phenols is 1. The Hall–Kier alpha value is -4.61. The van der Waals surface area contributed by atoms with Gasteiger partial charge in [-0.3, -0.25) is 14.4 Å². The van der Waals surface area contributed by atoms with Gasteiger partial charge in [-0.2, -0.15) is 0 Å². The number of primary amides is 1. The highest BCUT2D eigenvalue weighted by atomic mass is 16.6. The molecule has 2 aromatic carbocycles. The van der Waals surface area contributed by atoms with Crippen molar-refractivity contribution in [1.82, 2.24) is 15.5 Å². The largest absolute Gasteiger partial charge is 0.508 e. The van der Waals surface area contributed by atoms with Gasteiger partial charge in [0.15, 0.2) is 0 Å². The highest BCUT2D eigenvalue weighted by Crippen LogP contribution is 2.28. The van der Waals surface area contributed by atoms with Gasteiger partial charge < -0.3 is 35.8 Å². The molecule has 12 nitrogen and oxygen atoms in total. The molecular formula is C34H48N4O8. The van der Waals surface area contributed by atoms with Crippen LogP contribution in [0.5, 0.6) is 5.75 Å². The minimum Gasteiger partial charge on any atom is -0.508 e. The second-order valence-electron chi connectivity index (χ2n) is 13.3. The number of nitrogens with one attached hydrogen (secondary N) is 2. The van der Waals surface area contributed by atoms with E-state index >= 15 is 0 Å². The van der Waals surface area contributed by atoms with Crippen molar-refractivity contribution in [3.63, 3.8) is 0 Å². The number of phenolic OH excluding ortho intramolecular Hbond substituents is 1. The topological polar surface area (TPSA) is 177 Å². The van der Waals surface area contributed by atoms with E-state index in [0.717, 1.165) is 5.56 Å². The van der Waals surface area contributed by atoms with Crippen LogP contribution in [0.2, 0.25) is 0 Å². The molecule has 12 heteroatoms. The summed E-state index contributed by atoms with van der Waals surface area (Å²) in [7, 11) is 0. The molecule has 0 aromatic heterocycles. The SMILES string of the molecule is CC(C)N(C(=O)C(CCC(N)=O)NC(=O)OC(C)(C)C)C(C(=O)NC(Cc1ccccc1)C(=O)OC(C)(C)C)c1ccc(O)cc1. The molecule has 5 N–H and O–H groups in total. The minimum absolute atomic E-state index is 0.0630. The van der Waals surface area contributed by atoms with Crippen LogP contribution < -0.4 is 16.4 Å². The maximum absolute atomic E-state index is 14.3. The number of hydrogen-bond donors (Lipinski definition) is 4. The van der Waals surface area contributed by atoms with E-state index in [-0.39, 0.29) is 25.0 Å². The van der Waals surface area contributed by atoms with E-state index in [1.165, 1.54) is 29.2 Å². The second kappa shape index (κ2) is 16.1. The average Bonchev–Trinajstić information content (AvgIpc) is 2.92. The van der Waals surface area contributed by atoms with Crippen LogP contribution in [0.25, 0.3) is 0 Å². The van der Waals surface area contributed by atoms with Crippen molar-refractivity contribution in [3.8, 4) is 5.75 Å². The molecule has 0 radical (unpaired) electrons. The molecule has 46 heavy (non-hydrogen) atoms. The van der Waals surface area contributed by atoms with Gasteiger partial charge in [0.2, 0.25) is 17.7 Å². The minimum atomic E-state index is -1.33. The number of rotatable bonds is 13. The molecule has 0 aliphatic rings. The van der Waals surface area contributed by atoms with Crippen LogP contribution >= 0.6 is 0 Å². The number of hydrogen-bond acceptors (Lipinski definition) is 8. The van der Waals surface area contributed by atoms with E-state index in [1.807, 2.05) is 30.3 Å². The van der Waals surface area contributed by atoms with Crippen molar-refractivity contribution in [3.05, 3.63) is 65.7 Å². The van der Waals surface area contributed by atoms with Gasteiger partial charge in [-0.25, -0.2) is 9.59 Å². The lowest BCUT2D eigenvalue weighted by atomic mass is 9.98. The van der Waals surface area contributed by atoms with Gasteiger partial charge in [0.25, 0.3) is 0 Å². The van der Waals surface area contributed by atoms with Crippen molar-refractivity contribution in [2.45, 2.75) is 110 Å². The zero-order chi connectivity index (χ0) is 34.8.